The average Bonchev–Trinajstić information content (AvgIpc) is 2.73. The number of nitrogens with two attached hydrogens (primary N) is 1. The molecule has 0 aliphatic rings. The molecule has 0 atom stereocenters. The molecule has 0 saturated carbocycles. The van der Waals surface area contributed by atoms with Crippen LogP contribution in [0.15, 0.2) is 29.6 Å². The lowest BCUT2D eigenvalue weighted by atomic mass is 10.3. The van der Waals surface area contributed by atoms with Gasteiger partial charge in [-0.3, -0.25) is 4.98 Å². The van der Waals surface area contributed by atoms with Gasteiger partial charge in [0, 0.05) is 30.7 Å². The molecule has 0 aromatic carbocycles. The molecule has 0 unspecified atom stereocenters. The van der Waals surface area contributed by atoms with E-state index in [1.165, 1.54) is 0 Å². The van der Waals surface area contributed by atoms with Crippen LogP contribution in [-0.4, -0.2) is 32.0 Å². The zero-order valence-corrected chi connectivity index (χ0v) is 11.2. The first-order valence-electron chi connectivity index (χ1n) is 5.94. The van der Waals surface area contributed by atoms with Crippen molar-refractivity contribution >= 4 is 11.8 Å². The summed E-state index contributed by atoms with van der Waals surface area (Å²) in [6, 6.07) is 5.97. The van der Waals surface area contributed by atoms with Crippen molar-refractivity contribution in [1.29, 1.82) is 0 Å². The first-order valence-corrected chi connectivity index (χ1v) is 6.92. The highest BCUT2D eigenvalue weighted by atomic mass is 32.2. The van der Waals surface area contributed by atoms with Crippen LogP contribution in [0.2, 0.25) is 0 Å². The van der Waals surface area contributed by atoms with Crippen molar-refractivity contribution in [3.05, 3.63) is 35.9 Å². The average molecular weight is 263 g/mol. The Kier molecular flexibility index (Phi) is 4.72. The molecule has 0 spiro atoms. The Morgan fingerprint density at radius 2 is 2.22 bits per heavy atom. The third-order valence-corrected chi connectivity index (χ3v) is 3.54. The molecule has 0 fully saturated rings. The van der Waals surface area contributed by atoms with Crippen LogP contribution in [0.1, 0.15) is 11.5 Å². The Morgan fingerprint density at radius 3 is 2.94 bits per heavy atom. The topological polar surface area (TPSA) is 69.6 Å². The molecule has 2 heterocycles. The fourth-order valence-electron chi connectivity index (χ4n) is 1.65. The molecule has 96 valence electrons. The zero-order chi connectivity index (χ0) is 12.8. The predicted molar refractivity (Wildman–Crippen MR) is 72.5 cm³/mol. The summed E-state index contributed by atoms with van der Waals surface area (Å²) in [5, 5.41) is 9.19. The molecular formula is C12H17N5S. The summed E-state index contributed by atoms with van der Waals surface area (Å²) in [5.74, 6) is 1.86. The second-order valence-electron chi connectivity index (χ2n) is 3.89. The number of aryl methyl sites for hydroxylation is 2. The van der Waals surface area contributed by atoms with E-state index in [1.54, 1.807) is 11.8 Å². The van der Waals surface area contributed by atoms with E-state index >= 15 is 0 Å². The van der Waals surface area contributed by atoms with Crippen LogP contribution in [0, 0.1) is 6.92 Å². The third-order valence-electron chi connectivity index (χ3n) is 2.57. The maximum absolute atomic E-state index is 5.58. The minimum atomic E-state index is 0.604. The van der Waals surface area contributed by atoms with Gasteiger partial charge in [-0.2, -0.15) is 0 Å². The minimum Gasteiger partial charge on any atom is -0.329 e. The second-order valence-corrected chi connectivity index (χ2v) is 4.95. The van der Waals surface area contributed by atoms with E-state index in [9.17, 15) is 0 Å². The number of hydrogen-bond acceptors (Lipinski definition) is 5. The van der Waals surface area contributed by atoms with Crippen molar-refractivity contribution in [1.82, 2.24) is 19.7 Å². The van der Waals surface area contributed by atoms with Crippen LogP contribution in [0.4, 0.5) is 0 Å². The van der Waals surface area contributed by atoms with Crippen molar-refractivity contribution < 1.29 is 0 Å². The van der Waals surface area contributed by atoms with Gasteiger partial charge in [0.2, 0.25) is 0 Å². The number of rotatable bonds is 6. The van der Waals surface area contributed by atoms with Gasteiger partial charge in [0.05, 0.1) is 0 Å². The molecule has 0 saturated heterocycles. The van der Waals surface area contributed by atoms with E-state index in [2.05, 4.69) is 19.7 Å². The maximum atomic E-state index is 5.58. The highest BCUT2D eigenvalue weighted by Crippen LogP contribution is 2.17. The predicted octanol–water partition coefficient (Wildman–Crippen LogP) is 1.28. The lowest BCUT2D eigenvalue weighted by molar-refractivity contribution is 0.627. The van der Waals surface area contributed by atoms with Gasteiger partial charge in [0.15, 0.2) is 5.16 Å². The Labute approximate surface area is 111 Å². The van der Waals surface area contributed by atoms with Crippen LogP contribution in [-0.2, 0) is 13.0 Å². The van der Waals surface area contributed by atoms with Gasteiger partial charge in [-0.05, 0) is 25.5 Å². The first kappa shape index (κ1) is 13.0. The molecule has 0 radical (unpaired) electrons. The number of aromatic nitrogens is 4. The number of nitrogens with zero attached hydrogens (tertiary/aromatic N) is 4. The molecule has 2 aromatic rings. The summed E-state index contributed by atoms with van der Waals surface area (Å²) in [4.78, 5) is 4.30. The highest BCUT2D eigenvalue weighted by Gasteiger charge is 2.08. The molecule has 0 aliphatic heterocycles. The van der Waals surface area contributed by atoms with E-state index in [-0.39, 0.29) is 0 Å². The Hall–Kier alpha value is -1.40. The molecule has 6 heteroatoms. The zero-order valence-electron chi connectivity index (χ0n) is 10.4. The normalized spacial score (nSPS) is 10.8. The van der Waals surface area contributed by atoms with E-state index < -0.39 is 0 Å². The summed E-state index contributed by atoms with van der Waals surface area (Å²) in [6.45, 7) is 3.32. The Morgan fingerprint density at radius 1 is 1.33 bits per heavy atom. The highest BCUT2D eigenvalue weighted by molar-refractivity contribution is 7.99. The third kappa shape index (κ3) is 3.30. The summed E-state index contributed by atoms with van der Waals surface area (Å²) in [6.07, 6.45) is 2.75. The van der Waals surface area contributed by atoms with Crippen molar-refractivity contribution in [2.75, 3.05) is 12.3 Å². The molecule has 5 nitrogen and oxygen atoms in total. The van der Waals surface area contributed by atoms with Crippen LogP contribution in [0.5, 0.6) is 0 Å². The quantitative estimate of drug-likeness (QED) is 0.795. The number of hydrogen-bond donors (Lipinski definition) is 1. The van der Waals surface area contributed by atoms with Crippen LogP contribution in [0.25, 0.3) is 0 Å². The molecule has 2 N–H and O–H groups in total. The van der Waals surface area contributed by atoms with E-state index in [0.29, 0.717) is 6.54 Å². The monoisotopic (exact) mass is 263 g/mol. The molecule has 2 aromatic heterocycles. The van der Waals surface area contributed by atoms with Crippen molar-refractivity contribution in [3.8, 4) is 0 Å². The molecule has 0 bridgehead atoms. The van der Waals surface area contributed by atoms with Gasteiger partial charge in [0.1, 0.15) is 5.82 Å². The van der Waals surface area contributed by atoms with Crippen molar-refractivity contribution in [2.24, 2.45) is 5.73 Å². The number of thioether (sulfide) groups is 1. The first-order chi connectivity index (χ1) is 8.81. The Bertz CT molecular complexity index is 482. The Balaban J connectivity index is 1.90. The maximum Gasteiger partial charge on any atom is 0.191 e. The minimum absolute atomic E-state index is 0.604. The van der Waals surface area contributed by atoms with Gasteiger partial charge in [0.25, 0.3) is 0 Å². The number of pyridine rings is 1. The fourth-order valence-corrected chi connectivity index (χ4v) is 2.62. The van der Waals surface area contributed by atoms with Crippen LogP contribution < -0.4 is 5.73 Å². The van der Waals surface area contributed by atoms with E-state index in [1.807, 2.05) is 31.3 Å². The summed E-state index contributed by atoms with van der Waals surface area (Å²) in [5.41, 5.74) is 6.68. The summed E-state index contributed by atoms with van der Waals surface area (Å²) < 4.78 is 2.06. The summed E-state index contributed by atoms with van der Waals surface area (Å²) >= 11 is 1.70. The largest absolute Gasteiger partial charge is 0.329 e. The van der Waals surface area contributed by atoms with Gasteiger partial charge in [-0.15, -0.1) is 10.2 Å². The van der Waals surface area contributed by atoms with E-state index in [0.717, 1.165) is 35.4 Å². The molecule has 18 heavy (non-hydrogen) atoms. The fraction of sp³-hybridized carbons (Fsp3) is 0.417. The SMILES string of the molecule is Cc1nnc(SCCc2ccccn2)n1CCN. The van der Waals surface area contributed by atoms with Gasteiger partial charge in [-0.1, -0.05) is 17.8 Å². The lowest BCUT2D eigenvalue weighted by Crippen LogP contribution is -2.12. The lowest BCUT2D eigenvalue weighted by Gasteiger charge is -2.06. The molecule has 2 rings (SSSR count). The standard InChI is InChI=1S/C12H17N5S/c1-10-15-16-12(17(10)8-6-13)18-9-5-11-4-2-3-7-14-11/h2-4,7H,5-6,8-9,13H2,1H3. The van der Waals surface area contributed by atoms with Crippen LogP contribution >= 0.6 is 11.8 Å². The van der Waals surface area contributed by atoms with Crippen LogP contribution in [0.3, 0.4) is 0 Å². The summed E-state index contributed by atoms with van der Waals surface area (Å²) in [7, 11) is 0. The van der Waals surface area contributed by atoms with Crippen molar-refractivity contribution in [3.63, 3.8) is 0 Å². The van der Waals surface area contributed by atoms with E-state index in [4.69, 9.17) is 5.73 Å². The molecule has 0 aliphatic carbocycles. The smallest absolute Gasteiger partial charge is 0.191 e. The molecular weight excluding hydrogens is 246 g/mol. The van der Waals surface area contributed by atoms with Crippen molar-refractivity contribution in [2.45, 2.75) is 25.0 Å². The molecule has 0 amide bonds. The van der Waals surface area contributed by atoms with Gasteiger partial charge in [-0.25, -0.2) is 0 Å². The van der Waals surface area contributed by atoms with Gasteiger partial charge >= 0.3 is 0 Å². The van der Waals surface area contributed by atoms with Gasteiger partial charge < -0.3 is 10.3 Å². The second kappa shape index (κ2) is 6.51.